The van der Waals surface area contributed by atoms with Gasteiger partial charge in [0.15, 0.2) is 0 Å². The van der Waals surface area contributed by atoms with E-state index < -0.39 is 0 Å². The minimum atomic E-state index is -0.0369. The molecule has 1 heterocycles. The van der Waals surface area contributed by atoms with Crippen molar-refractivity contribution >= 4 is 16.7 Å². The van der Waals surface area contributed by atoms with E-state index in [1.807, 2.05) is 6.92 Å². The number of likely N-dealkylation sites (tertiary alicyclic amines) is 1. The third kappa shape index (κ3) is 3.30. The highest BCUT2D eigenvalue weighted by Gasteiger charge is 2.26. The zero-order valence-electron chi connectivity index (χ0n) is 13.1. The quantitative estimate of drug-likeness (QED) is 0.807. The van der Waals surface area contributed by atoms with Gasteiger partial charge >= 0.3 is 5.97 Å². The lowest BCUT2D eigenvalue weighted by molar-refractivity contribution is -0.150. The molecule has 0 aliphatic carbocycles. The van der Waals surface area contributed by atoms with E-state index in [9.17, 15) is 4.79 Å². The lowest BCUT2D eigenvalue weighted by Crippen LogP contribution is -2.38. The fourth-order valence-electron chi connectivity index (χ4n) is 3.32. The summed E-state index contributed by atoms with van der Waals surface area (Å²) >= 11 is 0. The maximum absolute atomic E-state index is 12.0. The summed E-state index contributed by atoms with van der Waals surface area (Å²) in [6.45, 7) is 5.10. The number of piperidine rings is 1. The van der Waals surface area contributed by atoms with E-state index in [0.717, 1.165) is 32.5 Å². The molecule has 1 saturated heterocycles. The van der Waals surface area contributed by atoms with Crippen molar-refractivity contribution in [3.63, 3.8) is 0 Å². The van der Waals surface area contributed by atoms with Gasteiger partial charge in [-0.15, -0.1) is 0 Å². The Morgan fingerprint density at radius 3 is 2.91 bits per heavy atom. The maximum Gasteiger partial charge on any atom is 0.310 e. The van der Waals surface area contributed by atoms with Crippen molar-refractivity contribution in [2.24, 2.45) is 5.92 Å². The zero-order valence-corrected chi connectivity index (χ0v) is 13.1. The van der Waals surface area contributed by atoms with E-state index in [4.69, 9.17) is 4.74 Å². The number of hydrogen-bond acceptors (Lipinski definition) is 3. The first-order valence-electron chi connectivity index (χ1n) is 8.13. The van der Waals surface area contributed by atoms with Gasteiger partial charge in [0.05, 0.1) is 12.5 Å². The smallest absolute Gasteiger partial charge is 0.310 e. The Morgan fingerprint density at radius 2 is 2.05 bits per heavy atom. The molecule has 0 radical (unpaired) electrons. The van der Waals surface area contributed by atoms with E-state index >= 15 is 0 Å². The van der Waals surface area contributed by atoms with E-state index in [-0.39, 0.29) is 11.9 Å². The first-order valence-corrected chi connectivity index (χ1v) is 8.13. The van der Waals surface area contributed by atoms with Gasteiger partial charge in [-0.25, -0.2) is 0 Å². The molecule has 3 nitrogen and oxygen atoms in total. The summed E-state index contributed by atoms with van der Waals surface area (Å²) in [5.74, 6) is -0.00574. The highest BCUT2D eigenvalue weighted by atomic mass is 16.5. The average Bonchev–Trinajstić information content (AvgIpc) is 2.56. The minimum Gasteiger partial charge on any atom is -0.466 e. The molecule has 0 amide bonds. The van der Waals surface area contributed by atoms with Crippen molar-refractivity contribution in [2.75, 3.05) is 19.7 Å². The highest BCUT2D eigenvalue weighted by molar-refractivity contribution is 5.85. The lowest BCUT2D eigenvalue weighted by atomic mass is 9.97. The molecule has 0 saturated carbocycles. The van der Waals surface area contributed by atoms with Crippen LogP contribution >= 0.6 is 0 Å². The van der Waals surface area contributed by atoms with Crippen LogP contribution in [0.1, 0.15) is 25.3 Å². The Kier molecular flexibility index (Phi) is 4.74. The van der Waals surface area contributed by atoms with Crippen LogP contribution in [-0.2, 0) is 16.1 Å². The molecule has 1 aliphatic rings. The van der Waals surface area contributed by atoms with Crippen molar-refractivity contribution in [2.45, 2.75) is 26.3 Å². The second-order valence-corrected chi connectivity index (χ2v) is 5.96. The number of rotatable bonds is 4. The number of benzene rings is 2. The predicted octanol–water partition coefficient (Wildman–Crippen LogP) is 3.61. The Hall–Kier alpha value is -1.87. The molecule has 1 aliphatic heterocycles. The summed E-state index contributed by atoms with van der Waals surface area (Å²) in [5.41, 5.74) is 1.34. The van der Waals surface area contributed by atoms with Crippen LogP contribution in [-0.4, -0.2) is 30.6 Å². The molecule has 2 aromatic carbocycles. The number of carbonyl (C=O) groups is 1. The van der Waals surface area contributed by atoms with Crippen molar-refractivity contribution in [1.82, 2.24) is 4.90 Å². The Labute approximate surface area is 131 Å². The molecule has 3 rings (SSSR count). The summed E-state index contributed by atoms with van der Waals surface area (Å²) in [6, 6.07) is 14.9. The van der Waals surface area contributed by atoms with Gasteiger partial charge in [-0.05, 0) is 42.6 Å². The molecule has 0 spiro atoms. The van der Waals surface area contributed by atoms with Gasteiger partial charge in [-0.2, -0.15) is 0 Å². The van der Waals surface area contributed by atoms with E-state index in [1.165, 1.54) is 16.3 Å². The average molecular weight is 297 g/mol. The standard InChI is InChI=1S/C19H23NO2/c1-2-22-19(21)17-10-6-12-20(14-17)13-16-9-5-8-15-7-3-4-11-18(15)16/h3-5,7-9,11,17H,2,6,10,12-14H2,1H3/t17-/m1/s1. The Morgan fingerprint density at radius 1 is 1.23 bits per heavy atom. The number of esters is 1. The Balaban J connectivity index is 1.73. The number of fused-ring (bicyclic) bond motifs is 1. The SMILES string of the molecule is CCOC(=O)[C@@H]1CCCN(Cc2cccc3ccccc23)C1. The summed E-state index contributed by atoms with van der Waals surface area (Å²) in [7, 11) is 0. The fourth-order valence-corrected chi connectivity index (χ4v) is 3.32. The first kappa shape index (κ1) is 15.0. The second kappa shape index (κ2) is 6.93. The number of nitrogens with zero attached hydrogens (tertiary/aromatic N) is 1. The summed E-state index contributed by atoms with van der Waals surface area (Å²) in [6.07, 6.45) is 2.01. The number of hydrogen-bond donors (Lipinski definition) is 0. The van der Waals surface area contributed by atoms with Crippen LogP contribution in [0.15, 0.2) is 42.5 Å². The zero-order chi connectivity index (χ0) is 15.4. The maximum atomic E-state index is 12.0. The fraction of sp³-hybridized carbons (Fsp3) is 0.421. The summed E-state index contributed by atoms with van der Waals surface area (Å²) in [5, 5.41) is 2.59. The molecule has 1 atom stereocenters. The van der Waals surface area contributed by atoms with Crippen LogP contribution in [0.2, 0.25) is 0 Å². The molecular weight excluding hydrogens is 274 g/mol. The summed E-state index contributed by atoms with van der Waals surface area (Å²) in [4.78, 5) is 14.3. The lowest BCUT2D eigenvalue weighted by Gasteiger charge is -2.31. The molecule has 1 fully saturated rings. The van der Waals surface area contributed by atoms with Crippen LogP contribution in [0.25, 0.3) is 10.8 Å². The van der Waals surface area contributed by atoms with Gasteiger partial charge in [0.2, 0.25) is 0 Å². The van der Waals surface area contributed by atoms with Gasteiger partial charge in [0, 0.05) is 13.1 Å². The van der Waals surface area contributed by atoms with Gasteiger partial charge in [0.25, 0.3) is 0 Å². The second-order valence-electron chi connectivity index (χ2n) is 5.96. The van der Waals surface area contributed by atoms with Crippen molar-refractivity contribution in [3.05, 3.63) is 48.0 Å². The van der Waals surface area contributed by atoms with Gasteiger partial charge in [-0.1, -0.05) is 42.5 Å². The molecule has 0 bridgehead atoms. The Bertz CT molecular complexity index is 647. The molecule has 0 aromatic heterocycles. The van der Waals surface area contributed by atoms with Crippen LogP contribution in [0.3, 0.4) is 0 Å². The van der Waals surface area contributed by atoms with Gasteiger partial charge in [-0.3, -0.25) is 9.69 Å². The molecule has 22 heavy (non-hydrogen) atoms. The van der Waals surface area contributed by atoms with E-state index in [2.05, 4.69) is 47.4 Å². The number of ether oxygens (including phenoxy) is 1. The van der Waals surface area contributed by atoms with Crippen LogP contribution in [0.4, 0.5) is 0 Å². The van der Waals surface area contributed by atoms with E-state index in [0.29, 0.717) is 6.61 Å². The highest BCUT2D eigenvalue weighted by Crippen LogP contribution is 2.23. The molecule has 3 heteroatoms. The number of carbonyl (C=O) groups excluding carboxylic acids is 1. The molecule has 0 unspecified atom stereocenters. The predicted molar refractivity (Wildman–Crippen MR) is 88.6 cm³/mol. The molecule has 116 valence electrons. The van der Waals surface area contributed by atoms with E-state index in [1.54, 1.807) is 0 Å². The van der Waals surface area contributed by atoms with Crippen molar-refractivity contribution in [1.29, 1.82) is 0 Å². The van der Waals surface area contributed by atoms with Crippen LogP contribution < -0.4 is 0 Å². The molecule has 2 aromatic rings. The van der Waals surface area contributed by atoms with Crippen LogP contribution in [0, 0.1) is 5.92 Å². The van der Waals surface area contributed by atoms with Crippen molar-refractivity contribution in [3.8, 4) is 0 Å². The van der Waals surface area contributed by atoms with Gasteiger partial charge < -0.3 is 4.74 Å². The monoisotopic (exact) mass is 297 g/mol. The molecular formula is C19H23NO2. The summed E-state index contributed by atoms with van der Waals surface area (Å²) < 4.78 is 5.18. The minimum absolute atomic E-state index is 0.0312. The topological polar surface area (TPSA) is 29.5 Å². The third-order valence-electron chi connectivity index (χ3n) is 4.40. The molecule has 0 N–H and O–H groups in total. The van der Waals surface area contributed by atoms with Crippen LogP contribution in [0.5, 0.6) is 0 Å². The van der Waals surface area contributed by atoms with Crippen molar-refractivity contribution < 1.29 is 9.53 Å². The largest absolute Gasteiger partial charge is 0.466 e. The first-order chi connectivity index (χ1) is 10.8. The third-order valence-corrected chi connectivity index (χ3v) is 4.40. The van der Waals surface area contributed by atoms with Gasteiger partial charge in [0.1, 0.15) is 0 Å². The normalized spacial score (nSPS) is 19.2.